The first-order valence-corrected chi connectivity index (χ1v) is 6.16. The maximum Gasteiger partial charge on any atom is 0.264 e. The lowest BCUT2D eigenvalue weighted by atomic mass is 10.2. The van der Waals surface area contributed by atoms with Gasteiger partial charge >= 0.3 is 0 Å². The quantitative estimate of drug-likeness (QED) is 0.710. The van der Waals surface area contributed by atoms with Crippen molar-refractivity contribution >= 4 is 28.9 Å². The third kappa shape index (κ3) is 3.12. The van der Waals surface area contributed by atoms with Gasteiger partial charge in [-0.3, -0.25) is 9.79 Å². The Bertz CT molecular complexity index is 509. The zero-order valence-corrected chi connectivity index (χ0v) is 10.3. The van der Waals surface area contributed by atoms with Crippen LogP contribution >= 0.6 is 11.8 Å². The van der Waals surface area contributed by atoms with Crippen molar-refractivity contribution in [2.24, 2.45) is 4.99 Å². The summed E-state index contributed by atoms with van der Waals surface area (Å²) < 4.78 is 0. The molecule has 1 heterocycles. The number of hydrogen-bond acceptors (Lipinski definition) is 5. The molecule has 18 heavy (non-hydrogen) atoms. The molecule has 0 saturated carbocycles. The third-order valence-electron chi connectivity index (χ3n) is 2.20. The average Bonchev–Trinajstić information content (AvgIpc) is 2.70. The molecule has 0 spiro atoms. The SMILES string of the molecule is O=C1NC(=NCCO)S/C1=C\c1ccc(O)cc1. The highest BCUT2D eigenvalue weighted by Crippen LogP contribution is 2.26. The predicted molar refractivity (Wildman–Crippen MR) is 71.2 cm³/mol. The van der Waals surface area contributed by atoms with Crippen LogP contribution in [0.5, 0.6) is 5.75 Å². The van der Waals surface area contributed by atoms with Gasteiger partial charge < -0.3 is 15.5 Å². The number of nitrogens with one attached hydrogen (secondary N) is 1. The highest BCUT2D eigenvalue weighted by atomic mass is 32.2. The van der Waals surface area contributed by atoms with Crippen molar-refractivity contribution in [3.8, 4) is 5.75 Å². The summed E-state index contributed by atoms with van der Waals surface area (Å²) in [6.45, 7) is 0.228. The van der Waals surface area contributed by atoms with E-state index in [-0.39, 0.29) is 24.8 Å². The van der Waals surface area contributed by atoms with Crippen molar-refractivity contribution < 1.29 is 15.0 Å². The molecular weight excluding hydrogens is 252 g/mol. The highest BCUT2D eigenvalue weighted by Gasteiger charge is 2.23. The zero-order valence-electron chi connectivity index (χ0n) is 9.46. The molecule has 3 N–H and O–H groups in total. The van der Waals surface area contributed by atoms with E-state index in [4.69, 9.17) is 10.2 Å². The largest absolute Gasteiger partial charge is 0.508 e. The lowest BCUT2D eigenvalue weighted by Crippen LogP contribution is -2.20. The van der Waals surface area contributed by atoms with Crippen LogP contribution in [0.1, 0.15) is 5.56 Å². The van der Waals surface area contributed by atoms with Crippen molar-refractivity contribution in [3.05, 3.63) is 34.7 Å². The van der Waals surface area contributed by atoms with E-state index >= 15 is 0 Å². The summed E-state index contributed by atoms with van der Waals surface area (Å²) in [7, 11) is 0. The number of phenolic OH excluding ortho intramolecular Hbond substituents is 1. The van der Waals surface area contributed by atoms with E-state index < -0.39 is 0 Å². The molecule has 1 fully saturated rings. The van der Waals surface area contributed by atoms with Gasteiger partial charge in [0.25, 0.3) is 5.91 Å². The van der Waals surface area contributed by atoms with Gasteiger partial charge in [-0.1, -0.05) is 12.1 Å². The Labute approximate surface area is 108 Å². The number of carbonyl (C=O) groups is 1. The third-order valence-corrected chi connectivity index (χ3v) is 3.14. The molecule has 0 bridgehead atoms. The summed E-state index contributed by atoms with van der Waals surface area (Å²) >= 11 is 1.23. The number of rotatable bonds is 3. The Balaban J connectivity index is 2.14. The van der Waals surface area contributed by atoms with Crippen LogP contribution in [-0.2, 0) is 4.79 Å². The molecule has 1 aromatic carbocycles. The van der Waals surface area contributed by atoms with Crippen LogP contribution in [0.15, 0.2) is 34.2 Å². The fraction of sp³-hybridized carbons (Fsp3) is 0.167. The maximum absolute atomic E-state index is 11.6. The summed E-state index contributed by atoms with van der Waals surface area (Å²) in [4.78, 5) is 16.2. The second-order valence-electron chi connectivity index (χ2n) is 3.57. The lowest BCUT2D eigenvalue weighted by Gasteiger charge is -1.95. The van der Waals surface area contributed by atoms with Crippen LogP contribution in [-0.4, -0.2) is 34.4 Å². The summed E-state index contributed by atoms with van der Waals surface area (Å²) in [6.07, 6.45) is 1.72. The van der Waals surface area contributed by atoms with E-state index in [1.165, 1.54) is 11.8 Å². The highest BCUT2D eigenvalue weighted by molar-refractivity contribution is 8.18. The zero-order chi connectivity index (χ0) is 13.0. The van der Waals surface area contributed by atoms with Crippen molar-refractivity contribution in [3.63, 3.8) is 0 Å². The smallest absolute Gasteiger partial charge is 0.264 e. The molecule has 1 aliphatic heterocycles. The molecule has 0 aromatic heterocycles. The number of carbonyl (C=O) groups excluding carboxylic acids is 1. The van der Waals surface area contributed by atoms with Crippen molar-refractivity contribution in [1.82, 2.24) is 5.32 Å². The number of aliphatic imine (C=N–C) groups is 1. The molecule has 1 aromatic rings. The Hall–Kier alpha value is -1.79. The second kappa shape index (κ2) is 5.70. The van der Waals surface area contributed by atoms with Gasteiger partial charge in [-0.15, -0.1) is 0 Å². The van der Waals surface area contributed by atoms with Crippen molar-refractivity contribution in [2.75, 3.05) is 13.2 Å². The molecular formula is C12H12N2O3S. The van der Waals surface area contributed by atoms with Gasteiger partial charge in [0, 0.05) is 0 Å². The van der Waals surface area contributed by atoms with Crippen LogP contribution in [0.2, 0.25) is 0 Å². The summed E-state index contributed by atoms with van der Waals surface area (Å²) in [5, 5.41) is 20.9. The van der Waals surface area contributed by atoms with Gasteiger partial charge in [0.1, 0.15) is 5.75 Å². The first-order valence-electron chi connectivity index (χ1n) is 5.34. The average molecular weight is 264 g/mol. The first kappa shape index (κ1) is 12.7. The van der Waals surface area contributed by atoms with E-state index in [0.29, 0.717) is 10.1 Å². The molecule has 2 rings (SSSR count). The van der Waals surface area contributed by atoms with Crippen LogP contribution in [0.3, 0.4) is 0 Å². The topological polar surface area (TPSA) is 81.9 Å². The van der Waals surface area contributed by atoms with Crippen LogP contribution in [0, 0.1) is 0 Å². The normalized spacial score (nSPS) is 19.5. The van der Waals surface area contributed by atoms with Crippen LogP contribution in [0.4, 0.5) is 0 Å². The molecule has 1 aliphatic rings. The maximum atomic E-state index is 11.6. The number of nitrogens with zero attached hydrogens (tertiary/aromatic N) is 1. The molecule has 6 heteroatoms. The fourth-order valence-corrected chi connectivity index (χ4v) is 2.22. The predicted octanol–water partition coefficient (Wildman–Crippen LogP) is 0.944. The minimum atomic E-state index is -0.204. The van der Waals surface area contributed by atoms with Crippen LogP contribution < -0.4 is 5.32 Å². The van der Waals surface area contributed by atoms with Gasteiger partial charge in [0.05, 0.1) is 18.1 Å². The molecule has 0 aliphatic carbocycles. The van der Waals surface area contributed by atoms with Gasteiger partial charge in [-0.05, 0) is 35.5 Å². The van der Waals surface area contributed by atoms with Crippen molar-refractivity contribution in [1.29, 1.82) is 0 Å². The fourth-order valence-electron chi connectivity index (χ4n) is 1.38. The molecule has 1 amide bonds. The Kier molecular flexibility index (Phi) is 4.01. The molecule has 1 saturated heterocycles. The first-order chi connectivity index (χ1) is 8.69. The van der Waals surface area contributed by atoms with Crippen molar-refractivity contribution in [2.45, 2.75) is 0 Å². The minimum Gasteiger partial charge on any atom is -0.508 e. The van der Waals surface area contributed by atoms with Gasteiger partial charge in [0.15, 0.2) is 5.17 Å². The number of aliphatic hydroxyl groups is 1. The minimum absolute atomic E-state index is 0.0447. The molecule has 0 radical (unpaired) electrons. The molecule has 5 nitrogen and oxygen atoms in total. The lowest BCUT2D eigenvalue weighted by molar-refractivity contribution is -0.115. The van der Waals surface area contributed by atoms with Crippen LogP contribution in [0.25, 0.3) is 6.08 Å². The van der Waals surface area contributed by atoms with Gasteiger partial charge in [-0.2, -0.15) is 0 Å². The standard InChI is InChI=1S/C12H12N2O3S/c15-6-5-13-12-14-11(17)10(18-12)7-8-1-3-9(16)4-2-8/h1-4,7,15-16H,5-6H2,(H,13,14,17)/b10-7-. The number of aromatic hydroxyl groups is 1. The molecule has 94 valence electrons. The monoisotopic (exact) mass is 264 g/mol. The summed E-state index contributed by atoms with van der Waals surface area (Å²) in [5.74, 6) is -0.0179. The molecule has 0 unspecified atom stereocenters. The van der Waals surface area contributed by atoms with E-state index in [1.807, 2.05) is 0 Å². The van der Waals surface area contributed by atoms with E-state index in [2.05, 4.69) is 10.3 Å². The van der Waals surface area contributed by atoms with E-state index in [1.54, 1.807) is 30.3 Å². The summed E-state index contributed by atoms with van der Waals surface area (Å²) in [5.41, 5.74) is 0.828. The Morgan fingerprint density at radius 3 is 2.72 bits per heavy atom. The number of aliphatic hydroxyl groups excluding tert-OH is 1. The number of amidine groups is 1. The number of hydrogen-bond donors (Lipinski definition) is 3. The summed E-state index contributed by atoms with van der Waals surface area (Å²) in [6, 6.07) is 6.56. The number of amides is 1. The Morgan fingerprint density at radius 1 is 1.33 bits per heavy atom. The Morgan fingerprint density at radius 2 is 2.06 bits per heavy atom. The number of thioether (sulfide) groups is 1. The molecule has 0 atom stereocenters. The van der Waals surface area contributed by atoms with Gasteiger partial charge in [-0.25, -0.2) is 0 Å². The number of benzene rings is 1. The van der Waals surface area contributed by atoms with E-state index in [9.17, 15) is 4.79 Å². The second-order valence-corrected chi connectivity index (χ2v) is 4.60. The number of phenols is 1. The van der Waals surface area contributed by atoms with Gasteiger partial charge in [0.2, 0.25) is 0 Å². The van der Waals surface area contributed by atoms with E-state index in [0.717, 1.165) is 5.56 Å².